The first-order valence-electron chi connectivity index (χ1n) is 4.97. The first-order chi connectivity index (χ1) is 7.02. The average molecular weight is 202 g/mol. The molecule has 0 atom stereocenters. The van der Waals surface area contributed by atoms with Crippen LogP contribution >= 0.6 is 0 Å². The van der Waals surface area contributed by atoms with Crippen molar-refractivity contribution >= 4 is 5.52 Å². The van der Waals surface area contributed by atoms with E-state index in [2.05, 4.69) is 11.9 Å². The number of rotatable bonds is 0. The van der Waals surface area contributed by atoms with Gasteiger partial charge in [-0.2, -0.15) is 0 Å². The molecule has 0 saturated carbocycles. The second-order valence-electron chi connectivity index (χ2n) is 4.00. The number of nitrogens with zero attached hydrogens (tertiary/aromatic N) is 2. The Kier molecular flexibility index (Phi) is 2.11. The van der Waals surface area contributed by atoms with E-state index in [0.717, 1.165) is 22.3 Å². The summed E-state index contributed by atoms with van der Waals surface area (Å²) < 4.78 is 1.68. The minimum absolute atomic E-state index is 0.198. The highest BCUT2D eigenvalue weighted by atomic mass is 16.1. The summed E-state index contributed by atoms with van der Waals surface area (Å²) in [6.45, 7) is 8.01. The molecule has 0 N–H and O–H groups in total. The SMILES string of the molecule is Cc1cc(C)n2c(=O)ncc(C)c2c1C. The fraction of sp³-hybridized carbons (Fsp3) is 0.333. The van der Waals surface area contributed by atoms with Gasteiger partial charge in [-0.1, -0.05) is 0 Å². The van der Waals surface area contributed by atoms with Gasteiger partial charge in [-0.15, -0.1) is 0 Å². The molecule has 0 aliphatic rings. The van der Waals surface area contributed by atoms with E-state index in [1.54, 1.807) is 10.6 Å². The lowest BCUT2D eigenvalue weighted by molar-refractivity contribution is 0.929. The Morgan fingerprint density at radius 2 is 1.80 bits per heavy atom. The van der Waals surface area contributed by atoms with Crippen molar-refractivity contribution in [2.45, 2.75) is 27.7 Å². The van der Waals surface area contributed by atoms with Crippen LogP contribution in [0.15, 0.2) is 17.1 Å². The molecule has 0 unspecified atom stereocenters. The quantitative estimate of drug-likeness (QED) is 0.654. The Morgan fingerprint density at radius 3 is 2.47 bits per heavy atom. The van der Waals surface area contributed by atoms with Gasteiger partial charge in [-0.3, -0.25) is 4.40 Å². The molecule has 2 aromatic heterocycles. The van der Waals surface area contributed by atoms with E-state index in [0.29, 0.717) is 0 Å². The van der Waals surface area contributed by atoms with Gasteiger partial charge in [-0.05, 0) is 50.5 Å². The molecule has 0 aliphatic carbocycles. The highest BCUT2D eigenvalue weighted by Gasteiger charge is 2.08. The van der Waals surface area contributed by atoms with E-state index in [-0.39, 0.29) is 5.69 Å². The van der Waals surface area contributed by atoms with Gasteiger partial charge >= 0.3 is 5.69 Å². The van der Waals surface area contributed by atoms with Crippen molar-refractivity contribution in [1.29, 1.82) is 0 Å². The zero-order valence-electron chi connectivity index (χ0n) is 9.46. The summed E-state index contributed by atoms with van der Waals surface area (Å²) in [6.07, 6.45) is 1.64. The number of hydrogen-bond acceptors (Lipinski definition) is 2. The van der Waals surface area contributed by atoms with Crippen LogP contribution in [0.5, 0.6) is 0 Å². The molecule has 0 radical (unpaired) electrons. The first kappa shape index (κ1) is 9.90. The maximum absolute atomic E-state index is 11.7. The minimum atomic E-state index is -0.198. The summed E-state index contributed by atoms with van der Waals surface area (Å²) in [6, 6.07) is 2.02. The molecule has 3 nitrogen and oxygen atoms in total. The molecule has 0 saturated heterocycles. The van der Waals surface area contributed by atoms with Crippen molar-refractivity contribution in [3.05, 3.63) is 45.1 Å². The molecule has 78 valence electrons. The fourth-order valence-corrected chi connectivity index (χ4v) is 2.01. The number of pyridine rings is 1. The summed E-state index contributed by atoms with van der Waals surface area (Å²) in [5.74, 6) is 0. The number of fused-ring (bicyclic) bond motifs is 1. The molecule has 0 amide bonds. The number of aromatic nitrogens is 2. The van der Waals surface area contributed by atoms with Crippen LogP contribution in [0.4, 0.5) is 0 Å². The van der Waals surface area contributed by atoms with Crippen LogP contribution in [-0.4, -0.2) is 9.38 Å². The molecule has 2 aromatic rings. The van der Waals surface area contributed by atoms with Crippen molar-refractivity contribution < 1.29 is 0 Å². The first-order valence-corrected chi connectivity index (χ1v) is 4.97. The lowest BCUT2D eigenvalue weighted by Gasteiger charge is -2.12. The fourth-order valence-electron chi connectivity index (χ4n) is 2.01. The standard InChI is InChI=1S/C12H14N2O/c1-7-5-9(3)14-11(10(7)4)8(2)6-13-12(14)15/h5-6H,1-4H3. The van der Waals surface area contributed by atoms with E-state index in [4.69, 9.17) is 0 Å². The maximum atomic E-state index is 11.7. The maximum Gasteiger partial charge on any atom is 0.352 e. The highest BCUT2D eigenvalue weighted by molar-refractivity contribution is 5.62. The molecule has 2 heterocycles. The Labute approximate surface area is 88.4 Å². The number of aryl methyl sites for hydroxylation is 4. The monoisotopic (exact) mass is 202 g/mol. The molecule has 2 rings (SSSR count). The van der Waals surface area contributed by atoms with Crippen LogP contribution in [0.2, 0.25) is 0 Å². The van der Waals surface area contributed by atoms with Gasteiger partial charge in [0.1, 0.15) is 0 Å². The van der Waals surface area contributed by atoms with Gasteiger partial charge in [0, 0.05) is 11.9 Å². The molecule has 0 fully saturated rings. The smallest absolute Gasteiger partial charge is 0.265 e. The third kappa shape index (κ3) is 1.35. The summed E-state index contributed by atoms with van der Waals surface area (Å²) in [7, 11) is 0. The molecule has 0 aromatic carbocycles. The summed E-state index contributed by atoms with van der Waals surface area (Å²) in [5.41, 5.74) is 5.13. The van der Waals surface area contributed by atoms with Crippen LogP contribution in [0, 0.1) is 27.7 Å². The molecule has 3 heteroatoms. The predicted molar refractivity (Wildman–Crippen MR) is 60.4 cm³/mol. The predicted octanol–water partition coefficient (Wildman–Crippen LogP) is 1.93. The van der Waals surface area contributed by atoms with Gasteiger partial charge < -0.3 is 0 Å². The number of hydrogen-bond donors (Lipinski definition) is 0. The van der Waals surface area contributed by atoms with E-state index in [1.165, 1.54) is 5.56 Å². The van der Waals surface area contributed by atoms with Gasteiger partial charge in [0.25, 0.3) is 0 Å². The molecule has 15 heavy (non-hydrogen) atoms. The Bertz CT molecular complexity index is 597. The van der Waals surface area contributed by atoms with Crippen molar-refractivity contribution in [2.75, 3.05) is 0 Å². The summed E-state index contributed by atoms with van der Waals surface area (Å²) in [5, 5.41) is 0. The molecular weight excluding hydrogens is 188 g/mol. The van der Waals surface area contributed by atoms with Crippen LogP contribution in [-0.2, 0) is 0 Å². The Morgan fingerprint density at radius 1 is 1.13 bits per heavy atom. The van der Waals surface area contributed by atoms with Crippen LogP contribution in [0.25, 0.3) is 5.52 Å². The van der Waals surface area contributed by atoms with Gasteiger partial charge in [0.2, 0.25) is 0 Å². The second-order valence-corrected chi connectivity index (χ2v) is 4.00. The van der Waals surface area contributed by atoms with Gasteiger partial charge in [0.05, 0.1) is 5.52 Å². The highest BCUT2D eigenvalue weighted by Crippen LogP contribution is 2.18. The summed E-state index contributed by atoms with van der Waals surface area (Å²) in [4.78, 5) is 15.5. The van der Waals surface area contributed by atoms with E-state index >= 15 is 0 Å². The lowest BCUT2D eigenvalue weighted by atomic mass is 10.1. The zero-order chi connectivity index (χ0) is 11.2. The topological polar surface area (TPSA) is 34.4 Å². The Balaban J connectivity index is 3.16. The molecule has 0 bridgehead atoms. The van der Waals surface area contributed by atoms with Crippen LogP contribution in [0.1, 0.15) is 22.4 Å². The summed E-state index contributed by atoms with van der Waals surface area (Å²) >= 11 is 0. The third-order valence-corrected chi connectivity index (χ3v) is 2.88. The third-order valence-electron chi connectivity index (χ3n) is 2.88. The minimum Gasteiger partial charge on any atom is -0.265 e. The van der Waals surface area contributed by atoms with Crippen molar-refractivity contribution in [3.8, 4) is 0 Å². The average Bonchev–Trinajstić information content (AvgIpc) is 2.18. The van der Waals surface area contributed by atoms with E-state index in [1.807, 2.05) is 26.8 Å². The largest absolute Gasteiger partial charge is 0.352 e. The van der Waals surface area contributed by atoms with Gasteiger partial charge in [-0.25, -0.2) is 9.78 Å². The van der Waals surface area contributed by atoms with Crippen molar-refractivity contribution in [2.24, 2.45) is 0 Å². The Hall–Kier alpha value is -1.64. The van der Waals surface area contributed by atoms with Crippen LogP contribution < -0.4 is 5.69 Å². The van der Waals surface area contributed by atoms with Crippen LogP contribution in [0.3, 0.4) is 0 Å². The van der Waals surface area contributed by atoms with Crippen molar-refractivity contribution in [3.63, 3.8) is 0 Å². The van der Waals surface area contributed by atoms with Crippen molar-refractivity contribution in [1.82, 2.24) is 9.38 Å². The normalized spacial score (nSPS) is 10.9. The lowest BCUT2D eigenvalue weighted by Crippen LogP contribution is -2.20. The molecular formula is C12H14N2O. The molecule has 0 spiro atoms. The van der Waals surface area contributed by atoms with Gasteiger partial charge in [0.15, 0.2) is 0 Å². The second kappa shape index (κ2) is 3.19. The zero-order valence-corrected chi connectivity index (χ0v) is 9.46. The molecule has 0 aliphatic heterocycles. The van der Waals surface area contributed by atoms with E-state index < -0.39 is 0 Å². The van der Waals surface area contributed by atoms with E-state index in [9.17, 15) is 4.79 Å².